The number of benzene rings is 6. The van der Waals surface area contributed by atoms with Crippen LogP contribution in [0, 0.1) is 0 Å². The van der Waals surface area contributed by atoms with Crippen molar-refractivity contribution in [2.75, 3.05) is 0 Å². The topological polar surface area (TPSA) is 9.86 Å². The van der Waals surface area contributed by atoms with Crippen LogP contribution in [0.2, 0.25) is 0 Å². The van der Waals surface area contributed by atoms with Gasteiger partial charge in [-0.1, -0.05) is 103 Å². The molecule has 0 saturated carbocycles. The fourth-order valence-corrected chi connectivity index (χ4v) is 7.72. The van der Waals surface area contributed by atoms with Gasteiger partial charge in [0, 0.05) is 27.5 Å². The van der Waals surface area contributed by atoms with Gasteiger partial charge in [-0.2, -0.15) is 0 Å². The van der Waals surface area contributed by atoms with Crippen LogP contribution < -0.4 is 0 Å². The first-order valence-corrected chi connectivity index (χ1v) is 13.7. The molecule has 0 saturated heterocycles. The molecule has 2 nitrogen and oxygen atoms in total. The highest BCUT2D eigenvalue weighted by Crippen LogP contribution is 2.54. The lowest BCUT2D eigenvalue weighted by atomic mass is 9.87. The normalized spacial score (nSPS) is 14.9. The number of hydrogen-bond donors (Lipinski definition) is 0. The molecule has 0 spiro atoms. The lowest BCUT2D eigenvalue weighted by Gasteiger charge is -2.19. The second-order valence-electron chi connectivity index (χ2n) is 10.9. The fraction of sp³-hybridized carbons (Fsp3) is 0.0270. The van der Waals surface area contributed by atoms with Crippen molar-refractivity contribution < 1.29 is 0 Å². The zero-order valence-corrected chi connectivity index (χ0v) is 21.1. The summed E-state index contributed by atoms with van der Waals surface area (Å²) in [6, 6.07) is 47.5. The third kappa shape index (κ3) is 2.26. The van der Waals surface area contributed by atoms with Gasteiger partial charge in [-0.3, -0.25) is 0 Å². The standard InChI is InChI=1S/C37H22N2/c1-2-13-25-22(10-1)26-14-8-20-32-35(26)34(25)29-17-7-15-27-23-11-3-6-19-31(23)39(36(27)29)33-21-9-16-28-24-12-4-5-18-30(24)38(32)37(28)33/h1-21,34H. The van der Waals surface area contributed by atoms with Crippen LogP contribution in [0.5, 0.6) is 0 Å². The van der Waals surface area contributed by atoms with Crippen LogP contribution >= 0.6 is 0 Å². The van der Waals surface area contributed by atoms with Crippen molar-refractivity contribution in [3.05, 3.63) is 144 Å². The molecule has 2 heteroatoms. The zero-order valence-electron chi connectivity index (χ0n) is 21.1. The third-order valence-electron chi connectivity index (χ3n) is 9.13. The number of rotatable bonds is 0. The van der Waals surface area contributed by atoms with Crippen molar-refractivity contribution in [2.45, 2.75) is 5.92 Å². The lowest BCUT2D eigenvalue weighted by Crippen LogP contribution is -2.05. The molecule has 8 aromatic rings. The predicted octanol–water partition coefficient (Wildman–Crippen LogP) is 9.35. The van der Waals surface area contributed by atoms with Crippen LogP contribution in [0.25, 0.3) is 66.1 Å². The van der Waals surface area contributed by atoms with Crippen LogP contribution in [0.4, 0.5) is 0 Å². The minimum atomic E-state index is 0.143. The van der Waals surface area contributed by atoms with Crippen LogP contribution in [-0.4, -0.2) is 9.13 Å². The van der Waals surface area contributed by atoms with Crippen LogP contribution in [0.3, 0.4) is 0 Å². The molecule has 6 aromatic carbocycles. The summed E-state index contributed by atoms with van der Waals surface area (Å²) in [6.45, 7) is 0. The molecular weight excluding hydrogens is 472 g/mol. The quantitative estimate of drug-likeness (QED) is 0.199. The van der Waals surface area contributed by atoms with Crippen molar-refractivity contribution in [3.63, 3.8) is 0 Å². The molecule has 1 aliphatic carbocycles. The highest BCUT2D eigenvalue weighted by atomic mass is 15.1. The molecule has 2 aromatic heterocycles. The molecule has 1 unspecified atom stereocenters. The molecule has 39 heavy (non-hydrogen) atoms. The maximum atomic E-state index is 2.55. The summed E-state index contributed by atoms with van der Waals surface area (Å²) < 4.78 is 5.09. The van der Waals surface area contributed by atoms with Gasteiger partial charge in [-0.15, -0.1) is 0 Å². The second kappa shape index (κ2) is 6.86. The molecule has 0 bridgehead atoms. The van der Waals surface area contributed by atoms with E-state index in [1.807, 2.05) is 0 Å². The van der Waals surface area contributed by atoms with Crippen molar-refractivity contribution in [2.24, 2.45) is 0 Å². The molecule has 10 rings (SSSR count). The first-order valence-electron chi connectivity index (χ1n) is 13.7. The number of aromatic nitrogens is 2. The van der Waals surface area contributed by atoms with E-state index in [9.17, 15) is 0 Å². The zero-order chi connectivity index (χ0) is 25.2. The van der Waals surface area contributed by atoms with E-state index in [1.165, 1.54) is 82.8 Å². The SMILES string of the molecule is c1ccc2c(c1)-c1cccc3c1C2c1cccc2c4ccccc4n(c12)-c1cccc2c4ccccc4n-3c12. The summed E-state index contributed by atoms with van der Waals surface area (Å²) >= 11 is 0. The van der Waals surface area contributed by atoms with E-state index in [4.69, 9.17) is 0 Å². The van der Waals surface area contributed by atoms with E-state index in [-0.39, 0.29) is 5.92 Å². The molecule has 0 radical (unpaired) electrons. The number of hydrogen-bond acceptors (Lipinski definition) is 0. The number of nitrogens with zero attached hydrogens (tertiary/aromatic N) is 2. The lowest BCUT2D eigenvalue weighted by molar-refractivity contribution is 0.995. The van der Waals surface area contributed by atoms with E-state index in [0.29, 0.717) is 0 Å². The summed E-state index contributed by atoms with van der Waals surface area (Å²) in [7, 11) is 0. The Balaban J connectivity index is 1.57. The Hall–Kier alpha value is -5.08. The van der Waals surface area contributed by atoms with Gasteiger partial charge in [-0.05, 0) is 52.1 Å². The molecule has 1 atom stereocenters. The van der Waals surface area contributed by atoms with Crippen LogP contribution in [-0.2, 0) is 0 Å². The number of fused-ring (bicyclic) bond motifs is 12. The molecule has 0 fully saturated rings. The molecular formula is C37H22N2. The van der Waals surface area contributed by atoms with E-state index >= 15 is 0 Å². The molecule has 0 N–H and O–H groups in total. The fourth-order valence-electron chi connectivity index (χ4n) is 7.72. The highest BCUT2D eigenvalue weighted by molar-refractivity contribution is 6.16. The molecule has 1 aliphatic heterocycles. The van der Waals surface area contributed by atoms with Gasteiger partial charge in [0.05, 0.1) is 33.4 Å². The smallest absolute Gasteiger partial charge is 0.0782 e. The Morgan fingerprint density at radius 2 is 0.923 bits per heavy atom. The minimum Gasteiger partial charge on any atom is -0.307 e. The van der Waals surface area contributed by atoms with Crippen LogP contribution in [0.1, 0.15) is 22.6 Å². The van der Waals surface area contributed by atoms with E-state index in [2.05, 4.69) is 137 Å². The summed E-state index contributed by atoms with van der Waals surface area (Å²) in [6.07, 6.45) is 0. The number of para-hydroxylation sites is 4. The van der Waals surface area contributed by atoms with Crippen molar-refractivity contribution in [3.8, 4) is 22.5 Å². The maximum Gasteiger partial charge on any atom is 0.0782 e. The van der Waals surface area contributed by atoms with E-state index in [0.717, 1.165) is 0 Å². The summed E-state index contributed by atoms with van der Waals surface area (Å²) in [5, 5.41) is 5.20. The van der Waals surface area contributed by atoms with E-state index < -0.39 is 0 Å². The Morgan fingerprint density at radius 1 is 0.385 bits per heavy atom. The maximum absolute atomic E-state index is 2.55. The first kappa shape index (κ1) is 20.0. The summed E-state index contributed by atoms with van der Waals surface area (Å²) in [5.41, 5.74) is 14.4. The van der Waals surface area contributed by atoms with Gasteiger partial charge in [0.1, 0.15) is 0 Å². The van der Waals surface area contributed by atoms with Crippen molar-refractivity contribution in [1.29, 1.82) is 0 Å². The van der Waals surface area contributed by atoms with Gasteiger partial charge in [0.25, 0.3) is 0 Å². The van der Waals surface area contributed by atoms with Gasteiger partial charge >= 0.3 is 0 Å². The van der Waals surface area contributed by atoms with Crippen molar-refractivity contribution in [1.82, 2.24) is 9.13 Å². The molecule has 2 aliphatic rings. The van der Waals surface area contributed by atoms with Gasteiger partial charge in [0.2, 0.25) is 0 Å². The van der Waals surface area contributed by atoms with Gasteiger partial charge in [0.15, 0.2) is 0 Å². The Bertz CT molecular complexity index is 2350. The molecule has 180 valence electrons. The molecule has 3 heterocycles. The van der Waals surface area contributed by atoms with Gasteiger partial charge < -0.3 is 9.13 Å². The second-order valence-corrected chi connectivity index (χ2v) is 10.9. The van der Waals surface area contributed by atoms with Gasteiger partial charge in [-0.25, -0.2) is 0 Å². The van der Waals surface area contributed by atoms with Crippen LogP contribution in [0.15, 0.2) is 127 Å². The average Bonchev–Trinajstić information content (AvgIpc) is 3.64. The predicted molar refractivity (Wildman–Crippen MR) is 162 cm³/mol. The monoisotopic (exact) mass is 494 g/mol. The highest BCUT2D eigenvalue weighted by Gasteiger charge is 2.36. The van der Waals surface area contributed by atoms with Crippen molar-refractivity contribution >= 4 is 43.6 Å². The Kier molecular flexibility index (Phi) is 3.51. The Morgan fingerprint density at radius 3 is 1.74 bits per heavy atom. The summed E-state index contributed by atoms with van der Waals surface area (Å²) in [4.78, 5) is 0. The largest absolute Gasteiger partial charge is 0.307 e. The third-order valence-corrected chi connectivity index (χ3v) is 9.13. The minimum absolute atomic E-state index is 0.143. The first-order chi connectivity index (χ1) is 19.4. The average molecular weight is 495 g/mol. The van der Waals surface area contributed by atoms with E-state index in [1.54, 1.807) is 0 Å². The summed E-state index contributed by atoms with van der Waals surface area (Å²) in [5.74, 6) is 0.143. The molecule has 0 amide bonds. The Labute approximate surface area is 225 Å².